The first-order valence-corrected chi connectivity index (χ1v) is 5.18. The summed E-state index contributed by atoms with van der Waals surface area (Å²) in [7, 11) is -4.92. The molecule has 6 nitrogen and oxygen atoms in total. The largest absolute Gasteiger partial charge is 1.00 e. The third kappa shape index (κ3) is 31.5. The molecule has 2 N–H and O–H groups in total. The van der Waals surface area contributed by atoms with Gasteiger partial charge in [-0.1, -0.05) is 13.5 Å². The molecule has 15 heavy (non-hydrogen) atoms. The molecule has 0 bridgehead atoms. The first-order valence-electron chi connectivity index (χ1n) is 3.82. The first kappa shape index (κ1) is 20.5. The quantitative estimate of drug-likeness (QED) is 0.241. The molecule has 0 aromatic rings. The van der Waals surface area contributed by atoms with Crippen molar-refractivity contribution in [3.8, 4) is 0 Å². The van der Waals surface area contributed by atoms with Crippen LogP contribution in [0.2, 0.25) is 0 Å². The summed E-state index contributed by atoms with van der Waals surface area (Å²) < 4.78 is 32.8. The normalized spacial score (nSPS) is 11.2. The van der Waals surface area contributed by atoms with Gasteiger partial charge in [-0.25, -0.2) is 8.42 Å². The minimum atomic E-state index is -4.92. The molecule has 8 heteroatoms. The van der Waals surface area contributed by atoms with Gasteiger partial charge in [0.1, 0.15) is 0 Å². The summed E-state index contributed by atoms with van der Waals surface area (Å²) in [6.45, 7) is 7.32. The molecule has 0 rings (SSSR count). The van der Waals surface area contributed by atoms with Crippen molar-refractivity contribution in [2.24, 2.45) is 0 Å². The molecule has 1 amide bonds. The second-order valence-electron chi connectivity index (χ2n) is 2.45. The second kappa shape index (κ2) is 10.6. The van der Waals surface area contributed by atoms with Gasteiger partial charge in [-0.05, 0) is 19.4 Å². The molecular formula is C7H14NNaO5S. The van der Waals surface area contributed by atoms with Gasteiger partial charge in [0.15, 0.2) is 0 Å². The van der Waals surface area contributed by atoms with E-state index >= 15 is 0 Å². The molecule has 0 saturated carbocycles. The summed E-state index contributed by atoms with van der Waals surface area (Å²) in [5.41, 5.74) is 0. The van der Waals surface area contributed by atoms with E-state index in [0.29, 0.717) is 0 Å². The van der Waals surface area contributed by atoms with Crippen LogP contribution in [-0.4, -0.2) is 29.5 Å². The van der Waals surface area contributed by atoms with Crippen LogP contribution in [0.3, 0.4) is 0 Å². The SMILES string of the molecule is C=CC(=O)NC(C)CC.O=S(=O)([O-])O.[Na+]. The van der Waals surface area contributed by atoms with E-state index in [0.717, 1.165) is 6.42 Å². The Morgan fingerprint density at radius 2 is 2.00 bits per heavy atom. The maximum atomic E-state index is 10.6. The maximum Gasteiger partial charge on any atom is 1.00 e. The molecular weight excluding hydrogens is 233 g/mol. The third-order valence-corrected chi connectivity index (χ3v) is 1.19. The fourth-order valence-electron chi connectivity index (χ4n) is 0.404. The molecule has 1 atom stereocenters. The molecule has 0 saturated heterocycles. The van der Waals surface area contributed by atoms with Gasteiger partial charge >= 0.3 is 29.6 Å². The van der Waals surface area contributed by atoms with Crippen molar-refractivity contribution in [1.82, 2.24) is 5.32 Å². The van der Waals surface area contributed by atoms with Crippen LogP contribution in [0.25, 0.3) is 0 Å². The summed E-state index contributed by atoms with van der Waals surface area (Å²) in [5.74, 6) is -0.0932. The van der Waals surface area contributed by atoms with Crippen LogP contribution in [0.4, 0.5) is 0 Å². The molecule has 0 aromatic carbocycles. The molecule has 0 spiro atoms. The summed E-state index contributed by atoms with van der Waals surface area (Å²) in [4.78, 5) is 10.6. The number of rotatable bonds is 3. The van der Waals surface area contributed by atoms with E-state index in [2.05, 4.69) is 11.9 Å². The standard InChI is InChI=1S/C7H13NO.Na.H2O4S/c1-4-6(3)8-7(9)5-2;;1-5(2,3)4/h5-6H,2,4H2,1,3H3,(H,8,9);;(H2,1,2,3,4)/q;+1;/p-1. The zero-order chi connectivity index (χ0) is 11.8. The van der Waals surface area contributed by atoms with Gasteiger partial charge in [-0.2, -0.15) is 0 Å². The summed E-state index contributed by atoms with van der Waals surface area (Å²) in [6.07, 6.45) is 2.24. The van der Waals surface area contributed by atoms with Crippen LogP contribution in [-0.2, 0) is 15.2 Å². The van der Waals surface area contributed by atoms with E-state index in [9.17, 15) is 4.79 Å². The van der Waals surface area contributed by atoms with Crippen LogP contribution >= 0.6 is 0 Å². The third-order valence-electron chi connectivity index (χ3n) is 1.19. The van der Waals surface area contributed by atoms with Crippen molar-refractivity contribution in [2.45, 2.75) is 26.3 Å². The van der Waals surface area contributed by atoms with Crippen molar-refractivity contribution in [2.75, 3.05) is 0 Å². The first-order chi connectivity index (χ1) is 6.20. The Labute approximate surface area is 112 Å². The fraction of sp³-hybridized carbons (Fsp3) is 0.571. The van der Waals surface area contributed by atoms with Crippen molar-refractivity contribution >= 4 is 16.3 Å². The summed E-state index contributed by atoms with van der Waals surface area (Å²) in [5, 5.41) is 2.72. The average Bonchev–Trinajstić information content (AvgIpc) is 2.01. The summed E-state index contributed by atoms with van der Waals surface area (Å²) in [6, 6.07) is 0.260. The molecule has 0 aliphatic rings. The number of carbonyl (C=O) groups is 1. The zero-order valence-electron chi connectivity index (χ0n) is 9.06. The molecule has 0 aromatic heterocycles. The number of amides is 1. The molecule has 1 unspecified atom stereocenters. The zero-order valence-corrected chi connectivity index (χ0v) is 11.9. The van der Waals surface area contributed by atoms with E-state index in [4.69, 9.17) is 17.5 Å². The molecule has 0 fully saturated rings. The Morgan fingerprint density at radius 3 is 2.20 bits per heavy atom. The van der Waals surface area contributed by atoms with E-state index in [1.807, 2.05) is 13.8 Å². The van der Waals surface area contributed by atoms with Crippen LogP contribution in [0, 0.1) is 0 Å². The monoisotopic (exact) mass is 247 g/mol. The Kier molecular flexibility index (Phi) is 14.5. The van der Waals surface area contributed by atoms with Gasteiger partial charge in [0.2, 0.25) is 16.3 Å². The topological polar surface area (TPSA) is 107 Å². The van der Waals surface area contributed by atoms with Crippen molar-refractivity contribution < 1.29 is 51.9 Å². The molecule has 0 aliphatic carbocycles. The van der Waals surface area contributed by atoms with Gasteiger partial charge in [0.25, 0.3) is 0 Å². The molecule has 0 radical (unpaired) electrons. The van der Waals surface area contributed by atoms with Crippen molar-refractivity contribution in [3.05, 3.63) is 12.7 Å². The molecule has 0 heterocycles. The molecule has 0 aliphatic heterocycles. The fourth-order valence-corrected chi connectivity index (χ4v) is 0.404. The van der Waals surface area contributed by atoms with Crippen LogP contribution in [0.5, 0.6) is 0 Å². The van der Waals surface area contributed by atoms with Crippen molar-refractivity contribution in [1.29, 1.82) is 0 Å². The molecule has 84 valence electrons. The van der Waals surface area contributed by atoms with Gasteiger partial charge in [0, 0.05) is 6.04 Å². The van der Waals surface area contributed by atoms with E-state index in [1.165, 1.54) is 6.08 Å². The Hall–Kier alpha value is 0.0800. The smallest absolute Gasteiger partial charge is 0.726 e. The van der Waals surface area contributed by atoms with Crippen molar-refractivity contribution in [3.63, 3.8) is 0 Å². The van der Waals surface area contributed by atoms with Crippen LogP contribution in [0.1, 0.15) is 20.3 Å². The second-order valence-corrected chi connectivity index (χ2v) is 3.31. The van der Waals surface area contributed by atoms with E-state index < -0.39 is 10.4 Å². The Bertz CT molecular complexity index is 269. The summed E-state index contributed by atoms with van der Waals surface area (Å²) >= 11 is 0. The predicted molar refractivity (Wildman–Crippen MR) is 50.4 cm³/mol. The minimum absolute atomic E-state index is 0. The van der Waals surface area contributed by atoms with Gasteiger partial charge < -0.3 is 9.87 Å². The number of hydrogen-bond acceptors (Lipinski definition) is 4. The Balaban J connectivity index is -0.000000208. The van der Waals surface area contributed by atoms with Gasteiger partial charge in [-0.15, -0.1) is 0 Å². The van der Waals surface area contributed by atoms with E-state index in [-0.39, 0.29) is 41.5 Å². The van der Waals surface area contributed by atoms with Gasteiger partial charge in [0.05, 0.1) is 0 Å². The predicted octanol–water partition coefficient (Wildman–Crippen LogP) is -2.90. The van der Waals surface area contributed by atoms with Crippen LogP contribution in [0.15, 0.2) is 12.7 Å². The average molecular weight is 247 g/mol. The van der Waals surface area contributed by atoms with Gasteiger partial charge in [-0.3, -0.25) is 9.35 Å². The number of hydrogen-bond donors (Lipinski definition) is 2. The maximum absolute atomic E-state index is 10.6. The Morgan fingerprint density at radius 1 is 1.67 bits per heavy atom. The minimum Gasteiger partial charge on any atom is -0.726 e. The number of nitrogens with one attached hydrogen (secondary N) is 1. The number of carbonyl (C=O) groups excluding carboxylic acids is 1. The van der Waals surface area contributed by atoms with E-state index in [1.54, 1.807) is 0 Å². The van der Waals surface area contributed by atoms with Crippen LogP contribution < -0.4 is 34.9 Å².